The van der Waals surface area contributed by atoms with Crippen molar-refractivity contribution in [2.24, 2.45) is 0 Å². The summed E-state index contributed by atoms with van der Waals surface area (Å²) >= 11 is 6.26. The minimum atomic E-state index is -0.248. The Bertz CT molecular complexity index is 717. The molecule has 6 heteroatoms. The van der Waals surface area contributed by atoms with Crippen LogP contribution in [0.25, 0.3) is 0 Å². The SMILES string of the molecule is CCOc1cc(CNC)c(Cl)cc1OCC(=O)Nc1ccc(C)cc1. The lowest BCUT2D eigenvalue weighted by Gasteiger charge is -2.15. The molecule has 0 fully saturated rings. The smallest absolute Gasteiger partial charge is 0.262 e. The van der Waals surface area contributed by atoms with Gasteiger partial charge < -0.3 is 20.1 Å². The second kappa shape index (κ2) is 9.30. The molecule has 0 unspecified atom stereocenters. The summed E-state index contributed by atoms with van der Waals surface area (Å²) in [7, 11) is 1.84. The minimum absolute atomic E-state index is 0.129. The van der Waals surface area contributed by atoms with Crippen LogP contribution in [0.4, 0.5) is 5.69 Å². The number of ether oxygens (including phenoxy) is 2. The third-order valence-corrected chi connectivity index (χ3v) is 3.83. The lowest BCUT2D eigenvalue weighted by atomic mass is 10.2. The van der Waals surface area contributed by atoms with Crippen LogP contribution < -0.4 is 20.1 Å². The molecule has 0 aliphatic carbocycles. The number of amides is 1. The normalized spacial score (nSPS) is 10.4. The molecule has 0 heterocycles. The van der Waals surface area contributed by atoms with Crippen LogP contribution >= 0.6 is 11.6 Å². The van der Waals surface area contributed by atoms with E-state index in [9.17, 15) is 4.79 Å². The summed E-state index contributed by atoms with van der Waals surface area (Å²) in [4.78, 5) is 12.1. The molecule has 0 aliphatic heterocycles. The Hall–Kier alpha value is -2.24. The first kappa shape index (κ1) is 19.1. The maximum atomic E-state index is 12.1. The lowest BCUT2D eigenvalue weighted by molar-refractivity contribution is -0.118. The third kappa shape index (κ3) is 5.66. The van der Waals surface area contributed by atoms with Crippen molar-refractivity contribution in [3.63, 3.8) is 0 Å². The fourth-order valence-corrected chi connectivity index (χ4v) is 2.48. The van der Waals surface area contributed by atoms with Gasteiger partial charge in [-0.2, -0.15) is 0 Å². The largest absolute Gasteiger partial charge is 0.490 e. The highest BCUT2D eigenvalue weighted by molar-refractivity contribution is 6.31. The van der Waals surface area contributed by atoms with Gasteiger partial charge in [0.15, 0.2) is 18.1 Å². The minimum Gasteiger partial charge on any atom is -0.490 e. The van der Waals surface area contributed by atoms with E-state index < -0.39 is 0 Å². The van der Waals surface area contributed by atoms with E-state index >= 15 is 0 Å². The van der Waals surface area contributed by atoms with Crippen molar-refractivity contribution in [2.45, 2.75) is 20.4 Å². The second-order valence-electron chi connectivity index (χ2n) is 5.56. The fraction of sp³-hybridized carbons (Fsp3) is 0.316. The quantitative estimate of drug-likeness (QED) is 0.750. The molecular weight excluding hydrogens is 340 g/mol. The van der Waals surface area contributed by atoms with E-state index in [0.717, 1.165) is 16.8 Å². The van der Waals surface area contributed by atoms with Crippen LogP contribution in [0.2, 0.25) is 5.02 Å². The molecule has 134 valence electrons. The number of hydrogen-bond acceptors (Lipinski definition) is 4. The first-order valence-electron chi connectivity index (χ1n) is 8.12. The van der Waals surface area contributed by atoms with Crippen LogP contribution in [0.15, 0.2) is 36.4 Å². The number of nitrogens with one attached hydrogen (secondary N) is 2. The Morgan fingerprint density at radius 3 is 2.44 bits per heavy atom. The van der Waals surface area contributed by atoms with Crippen molar-refractivity contribution < 1.29 is 14.3 Å². The highest BCUT2D eigenvalue weighted by Crippen LogP contribution is 2.33. The van der Waals surface area contributed by atoms with Crippen molar-refractivity contribution in [3.8, 4) is 11.5 Å². The van der Waals surface area contributed by atoms with Crippen molar-refractivity contribution in [3.05, 3.63) is 52.5 Å². The highest BCUT2D eigenvalue weighted by Gasteiger charge is 2.12. The van der Waals surface area contributed by atoms with Crippen LogP contribution in [-0.2, 0) is 11.3 Å². The van der Waals surface area contributed by atoms with Gasteiger partial charge in [-0.1, -0.05) is 29.3 Å². The van der Waals surface area contributed by atoms with Crippen molar-refractivity contribution in [2.75, 3.05) is 25.6 Å². The maximum Gasteiger partial charge on any atom is 0.262 e. The Morgan fingerprint density at radius 2 is 1.80 bits per heavy atom. The van der Waals surface area contributed by atoms with Crippen molar-refractivity contribution in [1.29, 1.82) is 0 Å². The monoisotopic (exact) mass is 362 g/mol. The molecule has 0 aromatic heterocycles. The van der Waals surface area contributed by atoms with E-state index in [-0.39, 0.29) is 12.5 Å². The molecule has 2 aromatic rings. The van der Waals surface area contributed by atoms with Crippen molar-refractivity contribution >= 4 is 23.2 Å². The van der Waals surface area contributed by atoms with Crippen LogP contribution in [0.5, 0.6) is 11.5 Å². The number of carbonyl (C=O) groups is 1. The van der Waals surface area contributed by atoms with Gasteiger partial charge in [0.1, 0.15) is 0 Å². The van der Waals surface area contributed by atoms with Gasteiger partial charge in [0.05, 0.1) is 6.61 Å². The standard InChI is InChI=1S/C19H23ClN2O3/c1-4-24-17-9-14(11-21-3)16(20)10-18(17)25-12-19(23)22-15-7-5-13(2)6-8-15/h5-10,21H,4,11-12H2,1-3H3,(H,22,23). The Labute approximate surface area is 153 Å². The summed E-state index contributed by atoms with van der Waals surface area (Å²) in [6, 6.07) is 11.1. The van der Waals surface area contributed by atoms with Crippen LogP contribution in [0.1, 0.15) is 18.1 Å². The highest BCUT2D eigenvalue weighted by atomic mass is 35.5. The molecule has 0 aliphatic rings. The number of halogens is 1. The van der Waals surface area contributed by atoms with E-state index in [1.54, 1.807) is 6.07 Å². The molecule has 0 saturated heterocycles. The van der Waals surface area contributed by atoms with E-state index in [2.05, 4.69) is 10.6 Å². The summed E-state index contributed by atoms with van der Waals surface area (Å²) in [5.41, 5.74) is 2.77. The van der Waals surface area contributed by atoms with Gasteiger partial charge in [0.2, 0.25) is 0 Å². The number of rotatable bonds is 8. The van der Waals surface area contributed by atoms with E-state index in [0.29, 0.717) is 29.7 Å². The zero-order valence-electron chi connectivity index (χ0n) is 14.7. The van der Waals surface area contributed by atoms with Crippen LogP contribution in [0.3, 0.4) is 0 Å². The maximum absolute atomic E-state index is 12.1. The third-order valence-electron chi connectivity index (χ3n) is 3.47. The zero-order valence-corrected chi connectivity index (χ0v) is 15.4. The van der Waals surface area contributed by atoms with Gasteiger partial charge in [0, 0.05) is 23.3 Å². The predicted molar refractivity (Wildman–Crippen MR) is 101 cm³/mol. The molecule has 25 heavy (non-hydrogen) atoms. The van der Waals surface area contributed by atoms with E-state index in [4.69, 9.17) is 21.1 Å². The molecule has 0 radical (unpaired) electrons. The first-order valence-corrected chi connectivity index (χ1v) is 8.50. The summed E-state index contributed by atoms with van der Waals surface area (Å²) in [5, 5.41) is 6.40. The number of carbonyl (C=O) groups excluding carboxylic acids is 1. The molecule has 2 aromatic carbocycles. The number of aryl methyl sites for hydroxylation is 1. The molecule has 0 atom stereocenters. The molecular formula is C19H23ClN2O3. The second-order valence-corrected chi connectivity index (χ2v) is 5.96. The van der Waals surface area contributed by atoms with Gasteiger partial charge in [-0.15, -0.1) is 0 Å². The summed E-state index contributed by atoms with van der Waals surface area (Å²) < 4.78 is 11.2. The summed E-state index contributed by atoms with van der Waals surface area (Å²) in [6.07, 6.45) is 0. The molecule has 2 rings (SSSR count). The van der Waals surface area contributed by atoms with Crippen LogP contribution in [-0.4, -0.2) is 26.2 Å². The first-order chi connectivity index (χ1) is 12.0. The Morgan fingerprint density at radius 1 is 1.12 bits per heavy atom. The summed E-state index contributed by atoms with van der Waals surface area (Å²) in [6.45, 7) is 4.86. The Kier molecular flexibility index (Phi) is 7.10. The molecule has 0 bridgehead atoms. The zero-order chi connectivity index (χ0) is 18.2. The molecule has 2 N–H and O–H groups in total. The van der Waals surface area contributed by atoms with Crippen molar-refractivity contribution in [1.82, 2.24) is 5.32 Å². The van der Waals surface area contributed by atoms with E-state index in [1.807, 2.05) is 51.2 Å². The van der Waals surface area contributed by atoms with Gasteiger partial charge in [-0.05, 0) is 44.7 Å². The number of hydrogen-bond donors (Lipinski definition) is 2. The molecule has 0 saturated carbocycles. The van der Waals surface area contributed by atoms with Gasteiger partial charge in [0.25, 0.3) is 5.91 Å². The predicted octanol–water partition coefficient (Wildman–Crippen LogP) is 3.78. The molecule has 0 spiro atoms. The van der Waals surface area contributed by atoms with Gasteiger partial charge in [-0.25, -0.2) is 0 Å². The Balaban J connectivity index is 2.04. The fourth-order valence-electron chi connectivity index (χ4n) is 2.26. The molecule has 1 amide bonds. The lowest BCUT2D eigenvalue weighted by Crippen LogP contribution is -2.20. The van der Waals surface area contributed by atoms with E-state index in [1.165, 1.54) is 0 Å². The summed E-state index contributed by atoms with van der Waals surface area (Å²) in [5.74, 6) is 0.771. The average molecular weight is 363 g/mol. The number of anilines is 1. The van der Waals surface area contributed by atoms with Gasteiger partial charge >= 0.3 is 0 Å². The van der Waals surface area contributed by atoms with Crippen LogP contribution in [0, 0.1) is 6.92 Å². The average Bonchev–Trinajstić information content (AvgIpc) is 2.59. The number of benzene rings is 2. The topological polar surface area (TPSA) is 59.6 Å². The molecule has 5 nitrogen and oxygen atoms in total. The van der Waals surface area contributed by atoms with Gasteiger partial charge in [-0.3, -0.25) is 4.79 Å².